The summed E-state index contributed by atoms with van der Waals surface area (Å²) in [5, 5.41) is 5.05. The van der Waals surface area contributed by atoms with Crippen LogP contribution in [0.25, 0.3) is 0 Å². The van der Waals surface area contributed by atoms with Gasteiger partial charge in [0, 0.05) is 5.02 Å². The second-order valence-electron chi connectivity index (χ2n) is 9.11. The lowest BCUT2D eigenvalue weighted by Crippen LogP contribution is -2.62. The standard InChI is InChI=1S/C21H24ClN5O2/c22-17-3-1-14(2-4-17)6-18(28)25-26-19(29)20-7-15-5-16(8-20)10-21(9-15,11-20)27-13-23-12-24-27/h1-4,12-13,15-16H,5-11H2,(H,25,28)(H,26,29). The molecule has 1 heterocycles. The first-order valence-electron chi connectivity index (χ1n) is 10.2. The second kappa shape index (κ2) is 6.83. The number of nitrogens with zero attached hydrogens (tertiary/aromatic N) is 3. The molecule has 0 saturated heterocycles. The number of carbonyl (C=O) groups is 2. The number of hydrogen-bond acceptors (Lipinski definition) is 4. The maximum absolute atomic E-state index is 13.2. The smallest absolute Gasteiger partial charge is 0.244 e. The van der Waals surface area contributed by atoms with E-state index < -0.39 is 5.41 Å². The molecular formula is C21H24ClN5O2. The first-order valence-corrected chi connectivity index (χ1v) is 10.5. The maximum Gasteiger partial charge on any atom is 0.244 e. The van der Waals surface area contributed by atoms with E-state index in [-0.39, 0.29) is 23.8 Å². The minimum absolute atomic E-state index is 0.0689. The molecule has 4 saturated carbocycles. The molecule has 1 aromatic carbocycles. The Balaban J connectivity index is 1.27. The summed E-state index contributed by atoms with van der Waals surface area (Å²) in [6.07, 6.45) is 9.39. The SMILES string of the molecule is O=C(Cc1ccc(Cl)cc1)NNC(=O)C12CC3CC(C1)CC(n1cncn1)(C3)C2. The first-order chi connectivity index (χ1) is 14.0. The minimum Gasteiger partial charge on any atom is -0.273 e. The predicted molar refractivity (Wildman–Crippen MR) is 107 cm³/mol. The van der Waals surface area contributed by atoms with Crippen molar-refractivity contribution in [3.63, 3.8) is 0 Å². The van der Waals surface area contributed by atoms with Gasteiger partial charge in [0.2, 0.25) is 11.8 Å². The highest BCUT2D eigenvalue weighted by atomic mass is 35.5. The molecule has 4 aliphatic rings. The largest absolute Gasteiger partial charge is 0.273 e. The fraction of sp³-hybridized carbons (Fsp3) is 0.524. The summed E-state index contributed by atoms with van der Waals surface area (Å²) in [5.41, 5.74) is 5.62. The van der Waals surface area contributed by atoms with Crippen LogP contribution in [0.5, 0.6) is 0 Å². The maximum atomic E-state index is 13.2. The number of rotatable bonds is 4. The molecule has 0 radical (unpaired) electrons. The zero-order chi connectivity index (χ0) is 20.1. The summed E-state index contributed by atoms with van der Waals surface area (Å²) in [6.45, 7) is 0. The molecule has 2 aromatic rings. The van der Waals surface area contributed by atoms with Crippen LogP contribution in [-0.2, 0) is 21.5 Å². The van der Waals surface area contributed by atoms with Crippen molar-refractivity contribution in [1.82, 2.24) is 25.6 Å². The van der Waals surface area contributed by atoms with E-state index in [1.54, 1.807) is 24.8 Å². The predicted octanol–water partition coefficient (Wildman–Crippen LogP) is 2.62. The number of halogens is 1. The summed E-state index contributed by atoms with van der Waals surface area (Å²) >= 11 is 5.88. The Morgan fingerprint density at radius 3 is 2.48 bits per heavy atom. The number of amides is 2. The lowest BCUT2D eigenvalue weighted by molar-refractivity contribution is -0.158. The quantitative estimate of drug-likeness (QED) is 0.754. The van der Waals surface area contributed by atoms with Crippen molar-refractivity contribution in [2.45, 2.75) is 50.5 Å². The highest BCUT2D eigenvalue weighted by Crippen LogP contribution is 2.64. The molecule has 6 rings (SSSR count). The van der Waals surface area contributed by atoms with E-state index in [4.69, 9.17) is 11.6 Å². The van der Waals surface area contributed by atoms with Crippen LogP contribution in [0.3, 0.4) is 0 Å². The highest BCUT2D eigenvalue weighted by Gasteiger charge is 2.61. The molecular weight excluding hydrogens is 390 g/mol. The molecule has 152 valence electrons. The Labute approximate surface area is 174 Å². The van der Waals surface area contributed by atoms with Gasteiger partial charge in [0.15, 0.2) is 0 Å². The zero-order valence-corrected chi connectivity index (χ0v) is 16.9. The number of carbonyl (C=O) groups excluding carboxylic acids is 2. The van der Waals surface area contributed by atoms with E-state index in [1.165, 1.54) is 6.42 Å². The molecule has 2 atom stereocenters. The van der Waals surface area contributed by atoms with Crippen molar-refractivity contribution >= 4 is 23.4 Å². The van der Waals surface area contributed by atoms with Crippen LogP contribution in [0.1, 0.15) is 44.1 Å². The van der Waals surface area contributed by atoms with Crippen LogP contribution >= 0.6 is 11.6 Å². The van der Waals surface area contributed by atoms with Crippen molar-refractivity contribution in [3.8, 4) is 0 Å². The minimum atomic E-state index is -0.441. The van der Waals surface area contributed by atoms with E-state index in [0.29, 0.717) is 16.9 Å². The van der Waals surface area contributed by atoms with Gasteiger partial charge in [0.05, 0.1) is 17.4 Å². The van der Waals surface area contributed by atoms with Crippen molar-refractivity contribution in [1.29, 1.82) is 0 Å². The Bertz CT molecular complexity index is 913. The third kappa shape index (κ3) is 3.31. The van der Waals surface area contributed by atoms with Gasteiger partial charge in [0.25, 0.3) is 0 Å². The lowest BCUT2D eigenvalue weighted by atomic mass is 9.46. The van der Waals surface area contributed by atoms with E-state index in [2.05, 4.69) is 20.9 Å². The summed E-state index contributed by atoms with van der Waals surface area (Å²) in [6, 6.07) is 7.12. The molecule has 0 aliphatic heterocycles. The second-order valence-corrected chi connectivity index (χ2v) is 9.55. The number of hydrazine groups is 1. The molecule has 7 nitrogen and oxygen atoms in total. The van der Waals surface area contributed by atoms with Crippen LogP contribution in [0.15, 0.2) is 36.9 Å². The Kier molecular flexibility index (Phi) is 4.38. The number of aromatic nitrogens is 3. The van der Waals surface area contributed by atoms with Gasteiger partial charge in [-0.05, 0) is 68.1 Å². The van der Waals surface area contributed by atoms with Crippen molar-refractivity contribution in [2.75, 3.05) is 0 Å². The molecule has 2 amide bonds. The van der Waals surface area contributed by atoms with Gasteiger partial charge in [-0.25, -0.2) is 9.67 Å². The molecule has 1 aromatic heterocycles. The summed E-state index contributed by atoms with van der Waals surface area (Å²) in [4.78, 5) is 29.7. The van der Waals surface area contributed by atoms with E-state index in [9.17, 15) is 9.59 Å². The average Bonchev–Trinajstić information content (AvgIpc) is 3.23. The van der Waals surface area contributed by atoms with Gasteiger partial charge in [0.1, 0.15) is 12.7 Å². The summed E-state index contributed by atoms with van der Waals surface area (Å²) in [7, 11) is 0. The normalized spacial score (nSPS) is 32.2. The van der Waals surface area contributed by atoms with Gasteiger partial charge in [-0.3, -0.25) is 20.4 Å². The summed E-state index contributed by atoms with van der Waals surface area (Å²) < 4.78 is 1.98. The van der Waals surface area contributed by atoms with E-state index in [0.717, 1.165) is 37.7 Å². The Morgan fingerprint density at radius 1 is 1.10 bits per heavy atom. The average molecular weight is 414 g/mol. The summed E-state index contributed by atoms with van der Waals surface area (Å²) in [5.74, 6) is 0.740. The highest BCUT2D eigenvalue weighted by molar-refractivity contribution is 6.30. The van der Waals surface area contributed by atoms with Gasteiger partial charge >= 0.3 is 0 Å². The number of hydrogen-bond donors (Lipinski definition) is 2. The van der Waals surface area contributed by atoms with Crippen LogP contribution in [-0.4, -0.2) is 26.6 Å². The fourth-order valence-corrected chi connectivity index (χ4v) is 6.42. The number of benzene rings is 1. The van der Waals surface area contributed by atoms with Gasteiger partial charge in [-0.2, -0.15) is 5.10 Å². The van der Waals surface area contributed by atoms with Crippen molar-refractivity contribution in [2.24, 2.45) is 17.3 Å². The van der Waals surface area contributed by atoms with Crippen LogP contribution in [0.2, 0.25) is 5.02 Å². The van der Waals surface area contributed by atoms with Crippen LogP contribution in [0, 0.1) is 17.3 Å². The fourth-order valence-electron chi connectivity index (χ4n) is 6.29. The number of nitrogens with one attached hydrogen (secondary N) is 2. The van der Waals surface area contributed by atoms with E-state index >= 15 is 0 Å². The van der Waals surface area contributed by atoms with Crippen molar-refractivity contribution in [3.05, 3.63) is 47.5 Å². The van der Waals surface area contributed by atoms with Crippen molar-refractivity contribution < 1.29 is 9.59 Å². The molecule has 8 heteroatoms. The van der Waals surface area contributed by atoms with E-state index in [1.807, 2.05) is 16.8 Å². The molecule has 4 aliphatic carbocycles. The third-order valence-electron chi connectivity index (χ3n) is 7.01. The monoisotopic (exact) mass is 413 g/mol. The van der Waals surface area contributed by atoms with Crippen LogP contribution in [0.4, 0.5) is 0 Å². The first kappa shape index (κ1) is 18.6. The van der Waals surface area contributed by atoms with Gasteiger partial charge in [-0.15, -0.1) is 0 Å². The molecule has 4 bridgehead atoms. The molecule has 4 fully saturated rings. The lowest BCUT2D eigenvalue weighted by Gasteiger charge is -2.60. The zero-order valence-electron chi connectivity index (χ0n) is 16.1. The molecule has 0 spiro atoms. The van der Waals surface area contributed by atoms with Gasteiger partial charge in [-0.1, -0.05) is 23.7 Å². The van der Waals surface area contributed by atoms with Gasteiger partial charge < -0.3 is 0 Å². The third-order valence-corrected chi connectivity index (χ3v) is 7.26. The Morgan fingerprint density at radius 2 is 1.83 bits per heavy atom. The molecule has 2 N–H and O–H groups in total. The molecule has 2 unspecified atom stereocenters. The van der Waals surface area contributed by atoms with Crippen LogP contribution < -0.4 is 10.9 Å². The topological polar surface area (TPSA) is 88.9 Å². The molecule has 29 heavy (non-hydrogen) atoms. The Hall–Kier alpha value is -2.41.